The molecular formula is C15H16O4S. The van der Waals surface area contributed by atoms with Crippen LogP contribution in [-0.4, -0.2) is 15.3 Å². The Labute approximate surface area is 119 Å². The van der Waals surface area contributed by atoms with Crippen LogP contribution in [-0.2, 0) is 22.3 Å². The Balaban J connectivity index is 2.05. The molecule has 2 rings (SSSR count). The minimum Gasteiger partial charge on any atom is -0.475 e. The van der Waals surface area contributed by atoms with Crippen LogP contribution in [0.15, 0.2) is 34.7 Å². The lowest BCUT2D eigenvalue weighted by Crippen LogP contribution is -2.01. The molecule has 106 valence electrons. The van der Waals surface area contributed by atoms with Gasteiger partial charge in [0.25, 0.3) is 0 Å². The van der Waals surface area contributed by atoms with Gasteiger partial charge < -0.3 is 9.52 Å². The van der Waals surface area contributed by atoms with Crippen molar-refractivity contribution in [2.45, 2.75) is 25.4 Å². The first-order valence-electron chi connectivity index (χ1n) is 6.19. The minimum atomic E-state index is -1.13. The number of carboxylic acid groups (broad SMARTS) is 1. The summed E-state index contributed by atoms with van der Waals surface area (Å²) in [5, 5.41) is 8.76. The van der Waals surface area contributed by atoms with E-state index in [0.717, 1.165) is 16.7 Å². The monoisotopic (exact) mass is 292 g/mol. The third-order valence-corrected chi connectivity index (χ3v) is 4.24. The molecule has 0 bridgehead atoms. The molecule has 0 aliphatic heterocycles. The molecule has 0 spiro atoms. The lowest BCUT2D eigenvalue weighted by molar-refractivity contribution is 0.0661. The molecular weight excluding hydrogens is 276 g/mol. The van der Waals surface area contributed by atoms with Crippen LogP contribution in [0, 0.1) is 13.8 Å². The second kappa shape index (κ2) is 6.05. The maximum atomic E-state index is 12.1. The first-order valence-corrected chi connectivity index (χ1v) is 7.67. The summed E-state index contributed by atoms with van der Waals surface area (Å²) in [6.07, 6.45) is 0. The number of aryl methyl sites for hydroxylation is 2. The van der Waals surface area contributed by atoms with E-state index < -0.39 is 16.8 Å². The van der Waals surface area contributed by atoms with E-state index in [0.29, 0.717) is 11.5 Å². The summed E-state index contributed by atoms with van der Waals surface area (Å²) in [6, 6.07) is 9.00. The Morgan fingerprint density at radius 1 is 1.20 bits per heavy atom. The standard InChI is InChI=1S/C15H16O4S/c1-10-3-4-11(2)12(7-10)8-20(18)9-13-5-6-14(19-13)15(16)17/h3-7H,8-9H2,1-2H3,(H,16,17). The molecule has 0 saturated carbocycles. The highest BCUT2D eigenvalue weighted by Crippen LogP contribution is 2.16. The molecule has 0 amide bonds. The van der Waals surface area contributed by atoms with Crippen LogP contribution in [0.1, 0.15) is 33.0 Å². The number of hydrogen-bond donors (Lipinski definition) is 1. The fraction of sp³-hybridized carbons (Fsp3) is 0.267. The third-order valence-electron chi connectivity index (χ3n) is 3.00. The summed E-state index contributed by atoms with van der Waals surface area (Å²) in [7, 11) is -1.13. The largest absolute Gasteiger partial charge is 0.475 e. The second-order valence-corrected chi connectivity index (χ2v) is 6.19. The molecule has 0 fully saturated rings. The highest BCUT2D eigenvalue weighted by Gasteiger charge is 2.12. The molecule has 20 heavy (non-hydrogen) atoms. The van der Waals surface area contributed by atoms with E-state index >= 15 is 0 Å². The van der Waals surface area contributed by atoms with Gasteiger partial charge in [0.2, 0.25) is 5.76 Å². The zero-order valence-corrected chi connectivity index (χ0v) is 12.2. The Morgan fingerprint density at radius 3 is 2.60 bits per heavy atom. The number of furan rings is 1. The molecule has 0 aliphatic rings. The number of carboxylic acids is 1. The summed E-state index contributed by atoms with van der Waals surface area (Å²) in [5.74, 6) is -0.136. The van der Waals surface area contributed by atoms with Crippen molar-refractivity contribution in [2.24, 2.45) is 0 Å². The average molecular weight is 292 g/mol. The zero-order chi connectivity index (χ0) is 14.7. The van der Waals surface area contributed by atoms with Crippen LogP contribution in [0.25, 0.3) is 0 Å². The summed E-state index contributed by atoms with van der Waals surface area (Å²) in [5.41, 5.74) is 3.29. The van der Waals surface area contributed by atoms with Crippen molar-refractivity contribution in [3.05, 3.63) is 58.5 Å². The molecule has 1 atom stereocenters. The van der Waals surface area contributed by atoms with E-state index in [1.807, 2.05) is 32.0 Å². The molecule has 0 saturated heterocycles. The van der Waals surface area contributed by atoms with Crippen LogP contribution in [0.3, 0.4) is 0 Å². The van der Waals surface area contributed by atoms with E-state index in [9.17, 15) is 9.00 Å². The van der Waals surface area contributed by atoms with Gasteiger partial charge in [-0.15, -0.1) is 0 Å². The summed E-state index contributed by atoms with van der Waals surface area (Å²) in [4.78, 5) is 10.7. The smallest absolute Gasteiger partial charge is 0.371 e. The molecule has 1 aromatic carbocycles. The van der Waals surface area contributed by atoms with Crippen LogP contribution < -0.4 is 0 Å². The van der Waals surface area contributed by atoms with Gasteiger partial charge in [-0.2, -0.15) is 0 Å². The van der Waals surface area contributed by atoms with E-state index in [1.54, 1.807) is 6.07 Å². The zero-order valence-electron chi connectivity index (χ0n) is 11.4. The third kappa shape index (κ3) is 3.57. The fourth-order valence-electron chi connectivity index (χ4n) is 1.91. The van der Waals surface area contributed by atoms with Crippen molar-refractivity contribution in [1.82, 2.24) is 0 Å². The van der Waals surface area contributed by atoms with Crippen molar-refractivity contribution < 1.29 is 18.5 Å². The number of aromatic carboxylic acids is 1. The Morgan fingerprint density at radius 2 is 1.95 bits per heavy atom. The van der Waals surface area contributed by atoms with Gasteiger partial charge in [0.05, 0.1) is 5.75 Å². The molecule has 1 unspecified atom stereocenters. The normalized spacial score (nSPS) is 12.3. The highest BCUT2D eigenvalue weighted by atomic mass is 32.2. The molecule has 1 N–H and O–H groups in total. The quantitative estimate of drug-likeness (QED) is 0.919. The van der Waals surface area contributed by atoms with Crippen molar-refractivity contribution in [1.29, 1.82) is 0 Å². The summed E-state index contributed by atoms with van der Waals surface area (Å²) < 4.78 is 17.2. The fourth-order valence-corrected chi connectivity index (χ4v) is 3.14. The van der Waals surface area contributed by atoms with Gasteiger partial charge in [0.1, 0.15) is 5.76 Å². The average Bonchev–Trinajstić information content (AvgIpc) is 2.82. The number of carbonyl (C=O) groups is 1. The topological polar surface area (TPSA) is 67.5 Å². The van der Waals surface area contributed by atoms with Gasteiger partial charge in [-0.1, -0.05) is 23.8 Å². The lowest BCUT2D eigenvalue weighted by Gasteiger charge is -2.06. The van der Waals surface area contributed by atoms with Gasteiger partial charge in [-0.25, -0.2) is 4.79 Å². The van der Waals surface area contributed by atoms with E-state index in [4.69, 9.17) is 9.52 Å². The first-order chi connectivity index (χ1) is 9.45. The number of hydrogen-bond acceptors (Lipinski definition) is 3. The maximum absolute atomic E-state index is 12.1. The summed E-state index contributed by atoms with van der Waals surface area (Å²) in [6.45, 7) is 3.99. The first kappa shape index (κ1) is 14.5. The second-order valence-electron chi connectivity index (χ2n) is 4.73. The SMILES string of the molecule is Cc1ccc(C)c(CS(=O)Cc2ccc(C(=O)O)o2)c1. The van der Waals surface area contributed by atoms with Gasteiger partial charge in [0, 0.05) is 16.6 Å². The molecule has 5 heteroatoms. The Bertz CT molecular complexity index is 658. The predicted octanol–water partition coefficient (Wildman–Crippen LogP) is 3.04. The highest BCUT2D eigenvalue weighted by molar-refractivity contribution is 7.83. The van der Waals surface area contributed by atoms with Gasteiger partial charge in [0.15, 0.2) is 0 Å². The van der Waals surface area contributed by atoms with Crippen molar-refractivity contribution >= 4 is 16.8 Å². The Hall–Kier alpha value is -1.88. The van der Waals surface area contributed by atoms with Crippen molar-refractivity contribution in [3.8, 4) is 0 Å². The minimum absolute atomic E-state index is 0.122. The molecule has 2 aromatic rings. The molecule has 0 aliphatic carbocycles. The molecule has 1 heterocycles. The number of rotatable bonds is 5. The van der Waals surface area contributed by atoms with Crippen LogP contribution >= 0.6 is 0 Å². The van der Waals surface area contributed by atoms with Crippen molar-refractivity contribution in [3.63, 3.8) is 0 Å². The maximum Gasteiger partial charge on any atom is 0.371 e. The Kier molecular flexibility index (Phi) is 4.39. The van der Waals surface area contributed by atoms with Gasteiger partial charge in [-0.05, 0) is 37.1 Å². The van der Waals surface area contributed by atoms with E-state index in [1.165, 1.54) is 6.07 Å². The molecule has 4 nitrogen and oxygen atoms in total. The number of benzene rings is 1. The van der Waals surface area contributed by atoms with Crippen molar-refractivity contribution in [2.75, 3.05) is 0 Å². The van der Waals surface area contributed by atoms with E-state index in [2.05, 4.69) is 0 Å². The predicted molar refractivity (Wildman–Crippen MR) is 77.1 cm³/mol. The molecule has 0 radical (unpaired) electrons. The van der Waals surface area contributed by atoms with E-state index in [-0.39, 0.29) is 11.5 Å². The molecule has 1 aromatic heterocycles. The van der Waals surface area contributed by atoms with Crippen LogP contribution in [0.2, 0.25) is 0 Å². The lowest BCUT2D eigenvalue weighted by atomic mass is 10.1. The summed E-state index contributed by atoms with van der Waals surface area (Å²) >= 11 is 0. The van der Waals surface area contributed by atoms with Crippen LogP contribution in [0.4, 0.5) is 0 Å². The van der Waals surface area contributed by atoms with Gasteiger partial charge in [-0.3, -0.25) is 4.21 Å². The van der Waals surface area contributed by atoms with Gasteiger partial charge >= 0.3 is 5.97 Å². The van der Waals surface area contributed by atoms with Crippen LogP contribution in [0.5, 0.6) is 0 Å².